The summed E-state index contributed by atoms with van der Waals surface area (Å²) in [7, 11) is 0. The number of nitrogens with zero attached hydrogens (tertiary/aromatic N) is 3. The van der Waals surface area contributed by atoms with Crippen molar-refractivity contribution in [1.29, 1.82) is 0 Å². The number of aliphatic imine (C=N–C) groups is 1. The Hall–Kier alpha value is -3.69. The number of halogens is 1. The van der Waals surface area contributed by atoms with E-state index in [1.165, 1.54) is 23.9 Å². The highest BCUT2D eigenvalue weighted by Gasteiger charge is 2.24. The molecule has 1 aliphatic rings. The molecule has 0 bridgehead atoms. The van der Waals surface area contributed by atoms with Crippen LogP contribution in [0.5, 0.6) is 11.6 Å². The number of rotatable bonds is 5. The first kappa shape index (κ1) is 21.5. The third-order valence-corrected chi connectivity index (χ3v) is 5.76. The van der Waals surface area contributed by atoms with E-state index in [2.05, 4.69) is 15.3 Å². The predicted molar refractivity (Wildman–Crippen MR) is 124 cm³/mol. The van der Waals surface area contributed by atoms with Crippen molar-refractivity contribution >= 4 is 51.9 Å². The molecule has 1 saturated heterocycles. The fourth-order valence-electron chi connectivity index (χ4n) is 2.75. The van der Waals surface area contributed by atoms with Crippen LogP contribution in [0.3, 0.4) is 0 Å². The van der Waals surface area contributed by atoms with Crippen molar-refractivity contribution in [3.05, 3.63) is 92.0 Å². The molecule has 32 heavy (non-hydrogen) atoms. The Morgan fingerprint density at radius 1 is 1.19 bits per heavy atom. The summed E-state index contributed by atoms with van der Waals surface area (Å²) in [6, 6.07) is 15.2. The number of amides is 1. The number of aromatic nitrogens is 1. The van der Waals surface area contributed by atoms with Gasteiger partial charge in [0.05, 0.1) is 15.5 Å². The van der Waals surface area contributed by atoms with E-state index in [-0.39, 0.29) is 17.5 Å². The van der Waals surface area contributed by atoms with Gasteiger partial charge in [0, 0.05) is 17.2 Å². The summed E-state index contributed by atoms with van der Waals surface area (Å²) in [5, 5.41) is 14.5. The Morgan fingerprint density at radius 2 is 1.97 bits per heavy atom. The second-order valence-corrected chi connectivity index (χ2v) is 8.09. The minimum absolute atomic E-state index is 0.111. The second kappa shape index (κ2) is 9.21. The molecule has 2 aromatic carbocycles. The van der Waals surface area contributed by atoms with Gasteiger partial charge in [0.15, 0.2) is 5.17 Å². The number of benzene rings is 2. The van der Waals surface area contributed by atoms with Crippen molar-refractivity contribution in [2.45, 2.75) is 6.92 Å². The lowest BCUT2D eigenvalue weighted by Crippen LogP contribution is -2.19. The fourth-order valence-corrected chi connectivity index (χ4v) is 3.76. The number of hydrogen-bond acceptors (Lipinski definition) is 7. The van der Waals surface area contributed by atoms with Crippen LogP contribution in [0.1, 0.15) is 11.1 Å². The van der Waals surface area contributed by atoms with Gasteiger partial charge in [-0.2, -0.15) is 0 Å². The average molecular weight is 467 g/mol. The first-order chi connectivity index (χ1) is 15.4. The van der Waals surface area contributed by atoms with Gasteiger partial charge in [0.1, 0.15) is 11.9 Å². The Balaban J connectivity index is 1.45. The topological polar surface area (TPSA) is 107 Å². The summed E-state index contributed by atoms with van der Waals surface area (Å²) in [5.41, 5.74) is 2.22. The molecule has 10 heteroatoms. The Kier molecular flexibility index (Phi) is 6.20. The Morgan fingerprint density at radius 3 is 2.66 bits per heavy atom. The molecule has 8 nitrogen and oxygen atoms in total. The first-order valence-electron chi connectivity index (χ1n) is 9.32. The monoisotopic (exact) mass is 466 g/mol. The first-order valence-corrected chi connectivity index (χ1v) is 10.5. The van der Waals surface area contributed by atoms with Crippen molar-refractivity contribution in [3.63, 3.8) is 0 Å². The van der Waals surface area contributed by atoms with Crippen LogP contribution in [0.25, 0.3) is 6.08 Å². The molecule has 160 valence electrons. The SMILES string of the molecule is Cc1c(Cl)cccc1N=C1NC(=O)/C(=C/c2ccc(Oc3ccc([N+](=O)[O-])cn3)cc2)S1. The minimum atomic E-state index is -0.525. The number of thioether (sulfide) groups is 1. The summed E-state index contributed by atoms with van der Waals surface area (Å²) in [4.78, 5) is 31.4. The second-order valence-electron chi connectivity index (χ2n) is 6.65. The summed E-state index contributed by atoms with van der Waals surface area (Å²) < 4.78 is 5.59. The number of nitrogens with one attached hydrogen (secondary N) is 1. The van der Waals surface area contributed by atoms with E-state index in [1.807, 2.05) is 19.1 Å². The smallest absolute Gasteiger partial charge is 0.287 e. The van der Waals surface area contributed by atoms with Gasteiger partial charge in [-0.1, -0.05) is 29.8 Å². The molecular formula is C22H15ClN4O4S. The van der Waals surface area contributed by atoms with E-state index in [0.29, 0.717) is 26.5 Å². The van der Waals surface area contributed by atoms with E-state index >= 15 is 0 Å². The molecule has 4 rings (SSSR count). The largest absolute Gasteiger partial charge is 0.439 e. The predicted octanol–water partition coefficient (Wildman–Crippen LogP) is 5.64. The summed E-state index contributed by atoms with van der Waals surface area (Å²) in [6.07, 6.45) is 2.88. The highest BCUT2D eigenvalue weighted by molar-refractivity contribution is 8.18. The molecule has 0 saturated carbocycles. The molecule has 1 fully saturated rings. The van der Waals surface area contributed by atoms with Gasteiger partial charge < -0.3 is 10.1 Å². The molecule has 1 amide bonds. The lowest BCUT2D eigenvalue weighted by Gasteiger charge is -2.04. The number of nitro groups is 1. The van der Waals surface area contributed by atoms with Gasteiger partial charge in [0.2, 0.25) is 5.88 Å². The molecule has 0 unspecified atom stereocenters. The van der Waals surface area contributed by atoms with Crippen LogP contribution in [0, 0.1) is 17.0 Å². The highest BCUT2D eigenvalue weighted by Crippen LogP contribution is 2.31. The molecule has 2 heterocycles. The van der Waals surface area contributed by atoms with E-state index in [4.69, 9.17) is 16.3 Å². The van der Waals surface area contributed by atoms with Crippen LogP contribution in [0.15, 0.2) is 70.7 Å². The zero-order valence-corrected chi connectivity index (χ0v) is 18.2. The molecule has 1 aliphatic heterocycles. The lowest BCUT2D eigenvalue weighted by molar-refractivity contribution is -0.385. The number of ether oxygens (including phenoxy) is 1. The van der Waals surface area contributed by atoms with Gasteiger partial charge in [-0.05, 0) is 60.2 Å². The lowest BCUT2D eigenvalue weighted by atomic mass is 10.2. The number of hydrogen-bond donors (Lipinski definition) is 1. The Bertz CT molecular complexity index is 1260. The van der Waals surface area contributed by atoms with E-state index in [0.717, 1.165) is 17.3 Å². The van der Waals surface area contributed by atoms with Crippen LogP contribution in [-0.2, 0) is 4.79 Å². The number of amidine groups is 1. The van der Waals surface area contributed by atoms with Crippen molar-refractivity contribution < 1.29 is 14.5 Å². The van der Waals surface area contributed by atoms with Crippen molar-refractivity contribution in [1.82, 2.24) is 10.3 Å². The van der Waals surface area contributed by atoms with Crippen LogP contribution >= 0.6 is 23.4 Å². The summed E-state index contributed by atoms with van der Waals surface area (Å²) >= 11 is 7.38. The number of carbonyl (C=O) groups is 1. The maximum absolute atomic E-state index is 12.3. The third kappa shape index (κ3) is 4.96. The van der Waals surface area contributed by atoms with Gasteiger partial charge >= 0.3 is 0 Å². The van der Waals surface area contributed by atoms with Crippen molar-refractivity contribution in [3.8, 4) is 11.6 Å². The van der Waals surface area contributed by atoms with Gasteiger partial charge in [-0.15, -0.1) is 0 Å². The standard InChI is InChI=1S/C22H15ClN4O4S/c1-13-17(23)3-2-4-18(13)25-22-26-21(28)19(32-22)11-14-5-8-16(9-6-14)31-20-10-7-15(12-24-20)27(29)30/h2-12H,1H3,(H,25,26,28)/b19-11-. The molecule has 0 radical (unpaired) electrons. The van der Waals surface area contributed by atoms with E-state index in [9.17, 15) is 14.9 Å². The maximum atomic E-state index is 12.3. The Labute approximate surface area is 192 Å². The van der Waals surface area contributed by atoms with Gasteiger partial charge in [-0.3, -0.25) is 14.9 Å². The zero-order chi connectivity index (χ0) is 22.7. The third-order valence-electron chi connectivity index (χ3n) is 4.44. The molecule has 0 atom stereocenters. The van der Waals surface area contributed by atoms with Crippen LogP contribution in [0.4, 0.5) is 11.4 Å². The molecule has 1 aromatic heterocycles. The van der Waals surface area contributed by atoms with Crippen LogP contribution in [0.2, 0.25) is 5.02 Å². The maximum Gasteiger partial charge on any atom is 0.287 e. The van der Waals surface area contributed by atoms with Crippen LogP contribution < -0.4 is 10.1 Å². The van der Waals surface area contributed by atoms with Gasteiger partial charge in [-0.25, -0.2) is 9.98 Å². The summed E-state index contributed by atoms with van der Waals surface area (Å²) in [5.74, 6) is 0.518. The summed E-state index contributed by atoms with van der Waals surface area (Å²) in [6.45, 7) is 1.87. The minimum Gasteiger partial charge on any atom is -0.439 e. The number of pyridine rings is 1. The van der Waals surface area contributed by atoms with Crippen LogP contribution in [-0.4, -0.2) is 21.0 Å². The average Bonchev–Trinajstić information content (AvgIpc) is 3.12. The highest BCUT2D eigenvalue weighted by atomic mass is 35.5. The van der Waals surface area contributed by atoms with Crippen molar-refractivity contribution in [2.24, 2.45) is 4.99 Å². The fraction of sp³-hybridized carbons (Fsp3) is 0.0455. The van der Waals surface area contributed by atoms with Gasteiger partial charge in [0.25, 0.3) is 11.6 Å². The molecule has 0 spiro atoms. The molecule has 1 N–H and O–H groups in total. The number of carbonyl (C=O) groups excluding carboxylic acids is 1. The quantitative estimate of drug-likeness (QED) is 0.296. The molecule has 0 aliphatic carbocycles. The van der Waals surface area contributed by atoms with E-state index < -0.39 is 4.92 Å². The normalized spacial score (nSPS) is 15.8. The van der Waals surface area contributed by atoms with Crippen molar-refractivity contribution in [2.75, 3.05) is 0 Å². The molecule has 3 aromatic rings. The zero-order valence-electron chi connectivity index (χ0n) is 16.6. The molecular weight excluding hydrogens is 452 g/mol. The van der Waals surface area contributed by atoms with E-state index in [1.54, 1.807) is 36.4 Å².